The van der Waals surface area contributed by atoms with Gasteiger partial charge in [0.15, 0.2) is 0 Å². The Bertz CT molecular complexity index is 703. The lowest BCUT2D eigenvalue weighted by molar-refractivity contribution is 0.173. The van der Waals surface area contributed by atoms with Crippen LogP contribution in [0.15, 0.2) is 54.9 Å². The van der Waals surface area contributed by atoms with E-state index in [9.17, 15) is 5.11 Å². The zero-order valence-electron chi connectivity index (χ0n) is 10.8. The zero-order chi connectivity index (χ0) is 13.2. The molecule has 1 heterocycles. The van der Waals surface area contributed by atoms with E-state index in [4.69, 9.17) is 0 Å². The van der Waals surface area contributed by atoms with Crippen molar-refractivity contribution in [3.05, 3.63) is 60.4 Å². The van der Waals surface area contributed by atoms with Crippen LogP contribution in [0, 0.1) is 0 Å². The van der Waals surface area contributed by atoms with E-state index in [1.807, 2.05) is 66.3 Å². The van der Waals surface area contributed by atoms with Crippen molar-refractivity contribution in [1.29, 1.82) is 0 Å². The van der Waals surface area contributed by atoms with E-state index in [1.54, 1.807) is 0 Å². The van der Waals surface area contributed by atoms with Crippen LogP contribution in [0.25, 0.3) is 16.7 Å². The Morgan fingerprint density at radius 3 is 2.68 bits per heavy atom. The van der Waals surface area contributed by atoms with Crippen molar-refractivity contribution in [3.63, 3.8) is 0 Å². The average molecular weight is 252 g/mol. The number of rotatable bonds is 3. The Morgan fingerprint density at radius 1 is 1.11 bits per heavy atom. The standard InChI is InChI=1S/C16H16N2O/c1-2-16(19)12-7-3-5-9-14(12)18-11-17-13-8-4-6-10-15(13)18/h3-11,16,19H,2H2,1H3/t16-/m1/s1. The summed E-state index contributed by atoms with van der Waals surface area (Å²) in [6.07, 6.45) is 2.06. The van der Waals surface area contributed by atoms with Crippen molar-refractivity contribution in [2.24, 2.45) is 0 Å². The van der Waals surface area contributed by atoms with E-state index < -0.39 is 6.10 Å². The maximum Gasteiger partial charge on any atom is 0.100 e. The van der Waals surface area contributed by atoms with Crippen molar-refractivity contribution in [2.75, 3.05) is 0 Å². The summed E-state index contributed by atoms with van der Waals surface area (Å²) in [7, 11) is 0. The number of aliphatic hydroxyl groups is 1. The smallest absolute Gasteiger partial charge is 0.100 e. The predicted molar refractivity (Wildman–Crippen MR) is 76.3 cm³/mol. The first-order valence-corrected chi connectivity index (χ1v) is 6.50. The third-order valence-electron chi connectivity index (χ3n) is 3.40. The lowest BCUT2D eigenvalue weighted by Gasteiger charge is -2.15. The van der Waals surface area contributed by atoms with Crippen LogP contribution in [0.4, 0.5) is 0 Å². The van der Waals surface area contributed by atoms with Crippen molar-refractivity contribution in [2.45, 2.75) is 19.4 Å². The van der Waals surface area contributed by atoms with E-state index in [-0.39, 0.29) is 0 Å². The molecule has 3 aromatic rings. The van der Waals surface area contributed by atoms with Crippen LogP contribution in [0.3, 0.4) is 0 Å². The summed E-state index contributed by atoms with van der Waals surface area (Å²) < 4.78 is 2.03. The molecule has 0 spiro atoms. The molecule has 96 valence electrons. The normalized spacial score (nSPS) is 12.7. The Kier molecular flexibility index (Phi) is 3.05. The van der Waals surface area contributed by atoms with Crippen LogP contribution >= 0.6 is 0 Å². The van der Waals surface area contributed by atoms with Crippen molar-refractivity contribution in [3.8, 4) is 5.69 Å². The summed E-state index contributed by atoms with van der Waals surface area (Å²) in [4.78, 5) is 4.40. The summed E-state index contributed by atoms with van der Waals surface area (Å²) in [5.74, 6) is 0. The van der Waals surface area contributed by atoms with E-state index in [0.717, 1.165) is 22.3 Å². The average Bonchev–Trinajstić information content (AvgIpc) is 2.90. The van der Waals surface area contributed by atoms with Gasteiger partial charge in [0.2, 0.25) is 0 Å². The van der Waals surface area contributed by atoms with Gasteiger partial charge in [-0.1, -0.05) is 37.3 Å². The summed E-state index contributed by atoms with van der Waals surface area (Å²) in [5.41, 5.74) is 3.94. The number of benzene rings is 2. The van der Waals surface area contributed by atoms with Gasteiger partial charge >= 0.3 is 0 Å². The third-order valence-corrected chi connectivity index (χ3v) is 3.40. The van der Waals surface area contributed by atoms with Crippen molar-refractivity contribution in [1.82, 2.24) is 9.55 Å². The summed E-state index contributed by atoms with van der Waals surface area (Å²) >= 11 is 0. The third kappa shape index (κ3) is 2.02. The fourth-order valence-electron chi connectivity index (χ4n) is 2.36. The molecule has 1 N–H and O–H groups in total. The van der Waals surface area contributed by atoms with Crippen molar-refractivity contribution >= 4 is 11.0 Å². The van der Waals surface area contributed by atoms with E-state index >= 15 is 0 Å². The van der Waals surface area contributed by atoms with Gasteiger partial charge in [-0.3, -0.25) is 4.57 Å². The number of nitrogens with zero attached hydrogens (tertiary/aromatic N) is 2. The van der Waals surface area contributed by atoms with Crippen LogP contribution < -0.4 is 0 Å². The highest BCUT2D eigenvalue weighted by atomic mass is 16.3. The van der Waals surface area contributed by atoms with E-state index in [0.29, 0.717) is 6.42 Å². The molecule has 0 unspecified atom stereocenters. The number of para-hydroxylation sites is 3. The summed E-state index contributed by atoms with van der Waals surface area (Å²) in [6.45, 7) is 1.98. The predicted octanol–water partition coefficient (Wildman–Crippen LogP) is 3.47. The van der Waals surface area contributed by atoms with Gasteiger partial charge in [0, 0.05) is 5.56 Å². The Labute approximate surface area is 112 Å². The largest absolute Gasteiger partial charge is 0.388 e. The molecule has 0 saturated heterocycles. The first kappa shape index (κ1) is 11.9. The zero-order valence-corrected chi connectivity index (χ0v) is 10.8. The molecule has 0 aliphatic carbocycles. The second-order valence-electron chi connectivity index (χ2n) is 4.59. The Hall–Kier alpha value is -2.13. The van der Waals surface area contributed by atoms with Gasteiger partial charge in [-0.2, -0.15) is 0 Å². The minimum atomic E-state index is -0.447. The molecule has 2 aromatic carbocycles. The Balaban J connectivity index is 2.22. The molecular formula is C16H16N2O. The molecule has 19 heavy (non-hydrogen) atoms. The molecule has 3 heteroatoms. The lowest BCUT2D eigenvalue weighted by atomic mass is 10.0. The second-order valence-corrected chi connectivity index (χ2v) is 4.59. The van der Waals surface area contributed by atoms with Gasteiger partial charge in [-0.25, -0.2) is 4.98 Å². The van der Waals surface area contributed by atoms with Gasteiger partial charge < -0.3 is 5.11 Å². The molecule has 3 rings (SSSR count). The fraction of sp³-hybridized carbons (Fsp3) is 0.188. The highest BCUT2D eigenvalue weighted by molar-refractivity contribution is 5.77. The van der Waals surface area contributed by atoms with Gasteiger partial charge in [-0.05, 0) is 24.6 Å². The minimum Gasteiger partial charge on any atom is -0.388 e. The van der Waals surface area contributed by atoms with Gasteiger partial charge in [0.25, 0.3) is 0 Å². The second kappa shape index (κ2) is 4.86. The Morgan fingerprint density at radius 2 is 1.84 bits per heavy atom. The first-order valence-electron chi connectivity index (χ1n) is 6.50. The number of hydrogen-bond acceptors (Lipinski definition) is 2. The molecule has 0 bridgehead atoms. The highest BCUT2D eigenvalue weighted by Gasteiger charge is 2.13. The highest BCUT2D eigenvalue weighted by Crippen LogP contribution is 2.26. The monoisotopic (exact) mass is 252 g/mol. The van der Waals surface area contributed by atoms with Gasteiger partial charge in [-0.15, -0.1) is 0 Å². The molecule has 0 aliphatic rings. The molecule has 0 radical (unpaired) electrons. The van der Waals surface area contributed by atoms with Crippen LogP contribution in [0.2, 0.25) is 0 Å². The number of fused-ring (bicyclic) bond motifs is 1. The summed E-state index contributed by atoms with van der Waals surface area (Å²) in [6, 6.07) is 15.9. The van der Waals surface area contributed by atoms with Crippen molar-refractivity contribution < 1.29 is 5.11 Å². The van der Waals surface area contributed by atoms with E-state index in [2.05, 4.69) is 4.98 Å². The topological polar surface area (TPSA) is 38.0 Å². The number of aliphatic hydroxyl groups excluding tert-OH is 1. The molecule has 1 aromatic heterocycles. The molecule has 0 amide bonds. The lowest BCUT2D eigenvalue weighted by Crippen LogP contribution is -2.03. The SMILES string of the molecule is CC[C@@H](O)c1ccccc1-n1cnc2ccccc21. The molecule has 1 atom stereocenters. The maximum atomic E-state index is 10.1. The van der Waals surface area contributed by atoms with Gasteiger partial charge in [0.1, 0.15) is 6.33 Å². The van der Waals surface area contributed by atoms with Gasteiger partial charge in [0.05, 0.1) is 22.8 Å². The maximum absolute atomic E-state index is 10.1. The molecule has 3 nitrogen and oxygen atoms in total. The first-order chi connectivity index (χ1) is 9.31. The molecule has 0 fully saturated rings. The van der Waals surface area contributed by atoms with Crippen LogP contribution in [0.5, 0.6) is 0 Å². The molecule has 0 saturated carbocycles. The quantitative estimate of drug-likeness (QED) is 0.775. The number of imidazole rings is 1. The molecule has 0 aliphatic heterocycles. The van der Waals surface area contributed by atoms with E-state index in [1.165, 1.54) is 0 Å². The van der Waals surface area contributed by atoms with Crippen LogP contribution in [-0.2, 0) is 0 Å². The number of aromatic nitrogens is 2. The minimum absolute atomic E-state index is 0.447. The number of hydrogen-bond donors (Lipinski definition) is 1. The molecular weight excluding hydrogens is 236 g/mol. The van der Waals surface area contributed by atoms with Crippen LogP contribution in [-0.4, -0.2) is 14.7 Å². The van der Waals surface area contributed by atoms with Crippen LogP contribution in [0.1, 0.15) is 25.0 Å². The summed E-state index contributed by atoms with van der Waals surface area (Å²) in [5, 5.41) is 10.1. The fourth-order valence-corrected chi connectivity index (χ4v) is 2.36.